The van der Waals surface area contributed by atoms with Gasteiger partial charge in [-0.05, 0) is 49.8 Å². The Kier molecular flexibility index (Phi) is 7.49. The van der Waals surface area contributed by atoms with Crippen LogP contribution in [0.4, 0.5) is 4.79 Å². The molecule has 2 fully saturated rings. The van der Waals surface area contributed by atoms with Crippen LogP contribution in [0.5, 0.6) is 5.75 Å². The van der Waals surface area contributed by atoms with E-state index in [0.717, 1.165) is 11.3 Å². The molecule has 164 valence electrons. The summed E-state index contributed by atoms with van der Waals surface area (Å²) in [5.74, 6) is 1.10. The summed E-state index contributed by atoms with van der Waals surface area (Å²) in [5, 5.41) is 2.25. The van der Waals surface area contributed by atoms with E-state index < -0.39 is 16.1 Å². The number of nitrogens with zero attached hydrogens (tertiary/aromatic N) is 1. The fraction of sp³-hybridized carbons (Fsp3) is 0.524. The van der Waals surface area contributed by atoms with Crippen LogP contribution in [0, 0.1) is 5.92 Å². The minimum Gasteiger partial charge on any atom is -0.493 e. The standard InChI is InChI=1S/C21H29N3O5S/c1-16(18-6-5-7-19(14-18)29-15-17-8-9-17)23-30(27,28)13-4-2-3-11-24-12-10-20(25)22-21(24)26/h2-3,5-7,14,16-17,23H,4,8-13,15H2,1H3,(H,22,25,26)/b3-2+. The Morgan fingerprint density at radius 2 is 2.10 bits per heavy atom. The molecular formula is C21H29N3O5S. The second-order valence-electron chi connectivity index (χ2n) is 7.79. The highest BCUT2D eigenvalue weighted by Crippen LogP contribution is 2.30. The van der Waals surface area contributed by atoms with Crippen LogP contribution >= 0.6 is 0 Å². The molecule has 0 aromatic heterocycles. The van der Waals surface area contributed by atoms with Crippen LogP contribution < -0.4 is 14.8 Å². The lowest BCUT2D eigenvalue weighted by atomic mass is 10.1. The first-order chi connectivity index (χ1) is 14.3. The number of carbonyl (C=O) groups is 2. The average Bonchev–Trinajstić information content (AvgIpc) is 3.52. The summed E-state index contributed by atoms with van der Waals surface area (Å²) in [5.41, 5.74) is 0.855. The first-order valence-corrected chi connectivity index (χ1v) is 11.9. The molecule has 0 radical (unpaired) electrons. The number of ether oxygens (including phenoxy) is 1. The van der Waals surface area contributed by atoms with E-state index in [1.807, 2.05) is 31.2 Å². The maximum Gasteiger partial charge on any atom is 0.324 e. The number of nitrogens with one attached hydrogen (secondary N) is 2. The quantitative estimate of drug-likeness (QED) is 0.519. The third-order valence-corrected chi connectivity index (χ3v) is 6.57. The highest BCUT2D eigenvalue weighted by molar-refractivity contribution is 7.89. The zero-order valence-electron chi connectivity index (χ0n) is 17.2. The first-order valence-electron chi connectivity index (χ1n) is 10.3. The molecule has 0 bridgehead atoms. The predicted octanol–water partition coefficient (Wildman–Crippen LogP) is 2.34. The molecule has 2 N–H and O–H groups in total. The van der Waals surface area contributed by atoms with Crippen LogP contribution in [-0.4, -0.2) is 50.7 Å². The lowest BCUT2D eigenvalue weighted by molar-refractivity contribution is -0.121. The number of imide groups is 1. The van der Waals surface area contributed by atoms with E-state index in [2.05, 4.69) is 10.0 Å². The summed E-state index contributed by atoms with van der Waals surface area (Å²) >= 11 is 0. The average molecular weight is 436 g/mol. The second-order valence-corrected chi connectivity index (χ2v) is 9.67. The van der Waals surface area contributed by atoms with E-state index in [0.29, 0.717) is 32.0 Å². The molecule has 1 atom stereocenters. The van der Waals surface area contributed by atoms with Crippen molar-refractivity contribution in [1.82, 2.24) is 14.9 Å². The van der Waals surface area contributed by atoms with Crippen molar-refractivity contribution < 1.29 is 22.7 Å². The summed E-state index contributed by atoms with van der Waals surface area (Å²) in [7, 11) is -3.46. The summed E-state index contributed by atoms with van der Waals surface area (Å²) in [4.78, 5) is 24.3. The van der Waals surface area contributed by atoms with Crippen molar-refractivity contribution in [1.29, 1.82) is 0 Å². The SMILES string of the molecule is CC(NS(=O)(=O)CC/C=C/CN1CCC(=O)NC1=O)c1cccc(OCC2CC2)c1. The Hall–Kier alpha value is -2.39. The van der Waals surface area contributed by atoms with Gasteiger partial charge in [-0.3, -0.25) is 10.1 Å². The largest absolute Gasteiger partial charge is 0.493 e. The first kappa shape index (κ1) is 22.3. The monoisotopic (exact) mass is 435 g/mol. The maximum atomic E-state index is 12.4. The predicted molar refractivity (Wildman–Crippen MR) is 113 cm³/mol. The Labute approximate surface area is 177 Å². The maximum absolute atomic E-state index is 12.4. The van der Waals surface area contributed by atoms with Gasteiger partial charge < -0.3 is 9.64 Å². The minimum atomic E-state index is -3.46. The topological polar surface area (TPSA) is 105 Å². The molecule has 1 saturated heterocycles. The van der Waals surface area contributed by atoms with E-state index in [1.165, 1.54) is 17.7 Å². The highest BCUT2D eigenvalue weighted by Gasteiger charge is 2.23. The van der Waals surface area contributed by atoms with Crippen molar-refractivity contribution in [2.24, 2.45) is 5.92 Å². The molecule has 1 aliphatic heterocycles. The molecule has 1 aromatic rings. The zero-order valence-corrected chi connectivity index (χ0v) is 18.0. The van der Waals surface area contributed by atoms with E-state index in [1.54, 1.807) is 12.2 Å². The molecule has 3 rings (SSSR count). The van der Waals surface area contributed by atoms with Gasteiger partial charge in [0.2, 0.25) is 15.9 Å². The van der Waals surface area contributed by atoms with Crippen molar-refractivity contribution in [2.75, 3.05) is 25.4 Å². The third kappa shape index (κ3) is 7.14. The number of hydrogen-bond acceptors (Lipinski definition) is 5. The van der Waals surface area contributed by atoms with Crippen LogP contribution in [-0.2, 0) is 14.8 Å². The van der Waals surface area contributed by atoms with E-state index in [-0.39, 0.29) is 24.1 Å². The molecule has 8 nitrogen and oxygen atoms in total. The minimum absolute atomic E-state index is 0.0452. The molecule has 1 saturated carbocycles. The summed E-state index contributed by atoms with van der Waals surface area (Å²) < 4.78 is 33.2. The lowest BCUT2D eigenvalue weighted by Crippen LogP contribution is -2.49. The molecule has 0 spiro atoms. The van der Waals surface area contributed by atoms with Gasteiger partial charge in [-0.15, -0.1) is 0 Å². The van der Waals surface area contributed by atoms with Gasteiger partial charge in [0, 0.05) is 25.6 Å². The van der Waals surface area contributed by atoms with E-state index >= 15 is 0 Å². The van der Waals surface area contributed by atoms with Crippen molar-refractivity contribution in [2.45, 2.75) is 38.6 Å². The second kappa shape index (κ2) is 10.1. The molecule has 30 heavy (non-hydrogen) atoms. The van der Waals surface area contributed by atoms with Crippen LogP contribution in [0.25, 0.3) is 0 Å². The zero-order chi connectivity index (χ0) is 21.6. The number of amides is 3. The van der Waals surface area contributed by atoms with Gasteiger partial charge in [-0.25, -0.2) is 17.9 Å². The van der Waals surface area contributed by atoms with E-state index in [4.69, 9.17) is 4.74 Å². The van der Waals surface area contributed by atoms with Gasteiger partial charge >= 0.3 is 6.03 Å². The number of hydrogen-bond donors (Lipinski definition) is 2. The Morgan fingerprint density at radius 3 is 2.83 bits per heavy atom. The fourth-order valence-corrected chi connectivity index (χ4v) is 4.32. The van der Waals surface area contributed by atoms with Gasteiger partial charge in [0.15, 0.2) is 0 Å². The molecule has 1 aliphatic carbocycles. The number of urea groups is 1. The van der Waals surface area contributed by atoms with Gasteiger partial charge in [0.25, 0.3) is 0 Å². The van der Waals surface area contributed by atoms with Crippen molar-refractivity contribution in [3.63, 3.8) is 0 Å². The van der Waals surface area contributed by atoms with Gasteiger partial charge in [-0.2, -0.15) is 0 Å². The van der Waals surface area contributed by atoms with Crippen molar-refractivity contribution in [3.05, 3.63) is 42.0 Å². The summed E-state index contributed by atoms with van der Waals surface area (Å²) in [6, 6.07) is 6.74. The van der Waals surface area contributed by atoms with Crippen LogP contribution in [0.2, 0.25) is 0 Å². The van der Waals surface area contributed by atoms with Gasteiger partial charge in [-0.1, -0.05) is 24.3 Å². The number of rotatable bonds is 11. The van der Waals surface area contributed by atoms with Gasteiger partial charge in [0.1, 0.15) is 5.75 Å². The third-order valence-electron chi connectivity index (χ3n) is 5.09. The van der Waals surface area contributed by atoms with Crippen molar-refractivity contribution >= 4 is 22.0 Å². The summed E-state index contributed by atoms with van der Waals surface area (Å²) in [6.07, 6.45) is 6.53. The molecule has 1 unspecified atom stereocenters. The smallest absolute Gasteiger partial charge is 0.324 e. The molecule has 2 aliphatic rings. The molecule has 1 heterocycles. The van der Waals surface area contributed by atoms with Gasteiger partial charge in [0.05, 0.1) is 12.4 Å². The fourth-order valence-electron chi connectivity index (χ4n) is 3.08. The Morgan fingerprint density at radius 1 is 1.30 bits per heavy atom. The molecule has 3 amide bonds. The molecule has 1 aromatic carbocycles. The van der Waals surface area contributed by atoms with Crippen LogP contribution in [0.15, 0.2) is 36.4 Å². The van der Waals surface area contributed by atoms with Crippen molar-refractivity contribution in [3.8, 4) is 5.75 Å². The normalized spacial score (nSPS) is 18.5. The summed E-state index contributed by atoms with van der Waals surface area (Å²) in [6.45, 7) is 3.24. The lowest BCUT2D eigenvalue weighted by Gasteiger charge is -2.25. The van der Waals surface area contributed by atoms with Crippen LogP contribution in [0.1, 0.15) is 44.2 Å². The number of allylic oxidation sites excluding steroid dienone is 1. The Bertz CT molecular complexity index is 896. The van der Waals surface area contributed by atoms with Crippen LogP contribution in [0.3, 0.4) is 0 Å². The Balaban J connectivity index is 1.42. The molecular weight excluding hydrogens is 406 g/mol. The number of carbonyl (C=O) groups excluding carboxylic acids is 2. The highest BCUT2D eigenvalue weighted by atomic mass is 32.2. The van der Waals surface area contributed by atoms with E-state index in [9.17, 15) is 18.0 Å². The number of sulfonamides is 1. The number of benzene rings is 1. The molecule has 9 heteroatoms.